The third-order valence-corrected chi connectivity index (χ3v) is 68.3. The van der Waals surface area contributed by atoms with E-state index in [1.54, 1.807) is 173 Å². The number of halogens is 4. The molecule has 15 heteroatoms. The van der Waals surface area contributed by atoms with Gasteiger partial charge in [-0.1, -0.05) is 508 Å². The number of rotatable bonds is 105. The van der Waals surface area contributed by atoms with E-state index in [2.05, 4.69) is 194 Å². The predicted molar refractivity (Wildman–Crippen MR) is 705 cm³/mol. The minimum absolute atomic E-state index is 0. The van der Waals surface area contributed by atoms with E-state index in [4.69, 9.17) is 15.1 Å². The Morgan fingerprint density at radius 2 is 0.128 bits per heavy atom. The van der Waals surface area contributed by atoms with Crippen LogP contribution in [0.25, 0.3) is 0 Å². The lowest BCUT2D eigenvalue weighted by Gasteiger charge is -2.35. The van der Waals surface area contributed by atoms with Crippen molar-refractivity contribution in [3.63, 3.8) is 0 Å². The molecule has 0 aromatic carbocycles. The normalized spacial score (nSPS) is 11.5. The summed E-state index contributed by atoms with van der Waals surface area (Å²) in [6.07, 6.45) is 157. The van der Waals surface area contributed by atoms with Crippen molar-refractivity contribution in [2.45, 2.75) is 688 Å². The van der Waals surface area contributed by atoms with Gasteiger partial charge in [-0.25, -0.2) is 0 Å². The van der Waals surface area contributed by atoms with Gasteiger partial charge in [-0.3, -0.25) is 7.32 Å². The molecule has 0 saturated carbocycles. The molecule has 0 heterocycles. The first kappa shape index (κ1) is 176. The highest BCUT2D eigenvalue weighted by Gasteiger charge is 2.41. The van der Waals surface area contributed by atoms with Gasteiger partial charge in [-0.2, -0.15) is 0 Å². The molecule has 0 unspecified atom stereocenters. The summed E-state index contributed by atoms with van der Waals surface area (Å²) in [5, 5.41) is 25.2. The molecule has 0 N–H and O–H groups in total. The maximum absolute atomic E-state index is 8.42. The SMILES string of the molecule is CCCCC[P+](CCCC)(CCCCC)CCCCC.CCCCC[P+](CCCC)(CCCCC)CCCCC.CCCCC[P+](CCCC)(CCCCC)CCCCC.CCCCC[P+](CCCC)(CCCCC)CCCCC.CCCCC[P+](CCCC)(CCCCC)CCCCC.CCCCC[P+](CCCC)(CCCCC)CCCCC.CCCCC[P+](CCCC)(CCCCC)CCCCC.[F-].[F-].[F-].[F-].[O-]B([O-])[O-]. The molecule has 0 spiro atoms. The summed E-state index contributed by atoms with van der Waals surface area (Å²) in [6.45, 7) is 65.9. The smallest absolute Gasteiger partial charge is 0.0594 e. The topological polar surface area (TPSA) is 69.2 Å². The molecule has 0 aliphatic heterocycles. The molecule has 0 radical (unpaired) electrons. The van der Waals surface area contributed by atoms with Crippen LogP contribution in [0.1, 0.15) is 688 Å². The Balaban J connectivity index is -0.000000144. The molecule has 3 nitrogen and oxygen atoms in total. The van der Waals surface area contributed by atoms with Crippen LogP contribution >= 0.6 is 50.8 Å². The van der Waals surface area contributed by atoms with Gasteiger partial charge in [0.05, 0.1) is 173 Å². The van der Waals surface area contributed by atoms with Crippen LogP contribution in [0, 0.1) is 0 Å². The van der Waals surface area contributed by atoms with Crippen molar-refractivity contribution in [3.05, 3.63) is 0 Å². The molecule has 0 atom stereocenters. The molecule has 0 bridgehead atoms. The second-order valence-electron chi connectivity index (χ2n) is 47.3. The van der Waals surface area contributed by atoms with E-state index in [0.29, 0.717) is 0 Å². The Morgan fingerprint density at radius 3 is 0.169 bits per heavy atom. The van der Waals surface area contributed by atoms with Gasteiger partial charge in [0.2, 0.25) is 0 Å². The molecule has 0 aliphatic rings. The lowest BCUT2D eigenvalue weighted by atomic mass is 10.3. The zero-order valence-corrected chi connectivity index (χ0v) is 115. The Bertz CT molecular complexity index is 1650. The predicted octanol–water partition coefficient (Wildman–Crippen LogP) is 35.7. The van der Waals surface area contributed by atoms with Gasteiger partial charge in [0.1, 0.15) is 0 Å². The van der Waals surface area contributed by atoms with E-state index in [1.807, 2.05) is 0 Å². The van der Waals surface area contributed by atoms with Gasteiger partial charge in [-0.05, 0) is 180 Å². The van der Waals surface area contributed by atoms with E-state index in [1.165, 1.54) is 494 Å². The number of hydrogen-bond acceptors (Lipinski definition) is 3. The van der Waals surface area contributed by atoms with Gasteiger partial charge in [0, 0.05) is 50.8 Å². The zero-order chi connectivity index (χ0) is 109. The van der Waals surface area contributed by atoms with E-state index in [-0.39, 0.29) is 18.8 Å². The van der Waals surface area contributed by atoms with Crippen LogP contribution in [0.2, 0.25) is 0 Å². The molecule has 148 heavy (non-hydrogen) atoms. The maximum atomic E-state index is 8.42. The Labute approximate surface area is 946 Å². The van der Waals surface area contributed by atoms with Crippen LogP contribution in [-0.2, 0) is 0 Å². The molecule has 910 valence electrons. The average Bonchev–Trinajstić information content (AvgIpc) is 0.909. The van der Waals surface area contributed by atoms with Crippen molar-refractivity contribution < 1.29 is 33.9 Å². The van der Waals surface area contributed by atoms with Crippen LogP contribution in [0.3, 0.4) is 0 Å². The second kappa shape index (κ2) is 142. The van der Waals surface area contributed by atoms with Crippen molar-refractivity contribution in [2.24, 2.45) is 0 Å². The van der Waals surface area contributed by atoms with E-state index < -0.39 is 58.2 Å². The van der Waals surface area contributed by atoms with Crippen molar-refractivity contribution >= 4 is 58.2 Å². The fraction of sp³-hybridized carbons (Fsp3) is 1.00. The highest BCUT2D eigenvalue weighted by molar-refractivity contribution is 7.78. The minimum Gasteiger partial charge on any atom is -1.00 e. The standard InChI is InChI=1S/7C19H42P.BO3.4FH/c7*1-5-9-13-17-20(16-12-8-4,18-14-10-6-2)19-15-11-7-3;2-1(3)4;;;;/h7*5-19H2,1-4H3;;4*1H/q7*+1;-3;;;;/p-4. The van der Waals surface area contributed by atoms with Gasteiger partial charge >= 0.3 is 0 Å². The number of unbranched alkanes of at least 4 members (excludes halogenated alkanes) is 49. The molecule has 0 rings (SSSR count). The van der Waals surface area contributed by atoms with Crippen LogP contribution in [-0.4, -0.2) is 180 Å². The summed E-state index contributed by atoms with van der Waals surface area (Å²) >= 11 is 0. The summed E-state index contributed by atoms with van der Waals surface area (Å²) in [6, 6.07) is 0. The Hall–Kier alpha value is 2.67. The Morgan fingerprint density at radius 1 is 0.0878 bits per heavy atom. The van der Waals surface area contributed by atoms with E-state index in [9.17, 15) is 0 Å². The third-order valence-electron chi connectivity index (χ3n) is 32.9. The van der Waals surface area contributed by atoms with Gasteiger partial charge in [0.25, 0.3) is 0 Å². The Kier molecular flexibility index (Phi) is 168. The first-order valence-electron chi connectivity index (χ1n) is 67.9. The molecule has 0 saturated heterocycles. The van der Waals surface area contributed by atoms with Crippen molar-refractivity contribution in [1.82, 2.24) is 0 Å². The van der Waals surface area contributed by atoms with Gasteiger partial charge < -0.3 is 33.9 Å². The van der Waals surface area contributed by atoms with E-state index in [0.717, 1.165) is 0 Å². The summed E-state index contributed by atoms with van der Waals surface area (Å²) in [7, 11) is -7.13. The van der Waals surface area contributed by atoms with Crippen LogP contribution in [0.5, 0.6) is 0 Å². The van der Waals surface area contributed by atoms with Gasteiger partial charge in [-0.15, -0.1) is 0 Å². The highest BCUT2D eigenvalue weighted by atomic mass is 31.2. The minimum atomic E-state index is -2.92. The maximum Gasteiger partial charge on any atom is 0.0594 e. The fourth-order valence-electron chi connectivity index (χ4n) is 22.8. The third kappa shape index (κ3) is 121. The molecule has 0 aromatic rings. The zero-order valence-electron chi connectivity index (χ0n) is 109. The van der Waals surface area contributed by atoms with E-state index >= 15 is 0 Å². The summed E-state index contributed by atoms with van der Waals surface area (Å²) < 4.78 is 0. The highest BCUT2D eigenvalue weighted by Crippen LogP contribution is 2.67. The molecular weight excluding hydrogens is 1950 g/mol. The second-order valence-corrected chi connectivity index (χ2v) is 78.6. The van der Waals surface area contributed by atoms with Crippen molar-refractivity contribution in [2.75, 3.05) is 173 Å². The van der Waals surface area contributed by atoms with Crippen LogP contribution < -0.4 is 33.9 Å². The fourth-order valence-corrected chi connectivity index (χ4v) is 57.9. The molecule has 0 aliphatic carbocycles. The quantitative estimate of drug-likeness (QED) is 0.0264. The molecule has 0 aromatic heterocycles. The lowest BCUT2D eigenvalue weighted by Crippen LogP contribution is -3.00. The molecule has 0 fully saturated rings. The first-order chi connectivity index (χ1) is 69.9. The van der Waals surface area contributed by atoms with Gasteiger partial charge in [0.15, 0.2) is 0 Å². The number of hydrogen-bond donors (Lipinski definition) is 0. The largest absolute Gasteiger partial charge is 1.00 e. The van der Waals surface area contributed by atoms with Crippen LogP contribution in [0.4, 0.5) is 0 Å². The average molecular weight is 2250 g/mol. The monoisotopic (exact) mass is 2240 g/mol. The van der Waals surface area contributed by atoms with Crippen LogP contribution in [0.15, 0.2) is 0 Å². The summed E-state index contributed by atoms with van der Waals surface area (Å²) in [5.41, 5.74) is 0. The summed E-state index contributed by atoms with van der Waals surface area (Å²) in [4.78, 5) is 0. The van der Waals surface area contributed by atoms with Crippen molar-refractivity contribution in [3.8, 4) is 0 Å². The summed E-state index contributed by atoms with van der Waals surface area (Å²) in [5.74, 6) is 0. The molecular formula is C133H294BF4O3P7. The molecule has 0 amide bonds. The lowest BCUT2D eigenvalue weighted by molar-refractivity contribution is -0.479. The first-order valence-corrected chi connectivity index (χ1v) is 85.6. The van der Waals surface area contributed by atoms with Crippen molar-refractivity contribution in [1.29, 1.82) is 0 Å².